The molecule has 146 valence electrons. The number of rotatable bonds is 4. The van der Waals surface area contributed by atoms with E-state index >= 15 is 0 Å². The van der Waals surface area contributed by atoms with E-state index in [1.807, 2.05) is 36.4 Å². The van der Waals surface area contributed by atoms with Crippen LogP contribution in [0, 0.1) is 5.92 Å². The molecule has 0 fully saturated rings. The van der Waals surface area contributed by atoms with Gasteiger partial charge in [-0.25, -0.2) is 0 Å². The van der Waals surface area contributed by atoms with Crippen molar-refractivity contribution >= 4 is 16.9 Å². The second-order valence-corrected chi connectivity index (χ2v) is 7.37. The first-order valence-electron chi connectivity index (χ1n) is 9.59. The fraction of sp³-hybridized carbons (Fsp3) is 0.167. The van der Waals surface area contributed by atoms with Crippen LogP contribution in [0.15, 0.2) is 87.6 Å². The van der Waals surface area contributed by atoms with Crippen molar-refractivity contribution in [3.05, 3.63) is 105 Å². The Labute approximate surface area is 168 Å². The van der Waals surface area contributed by atoms with Crippen LogP contribution in [0.1, 0.15) is 34.8 Å². The average molecular weight is 386 g/mol. The largest absolute Gasteiger partial charge is 0.464 e. The molecule has 3 N–H and O–H groups in total. The third-order valence-corrected chi connectivity index (χ3v) is 5.08. The monoisotopic (exact) mass is 386 g/mol. The Morgan fingerprint density at radius 2 is 1.93 bits per heavy atom. The minimum Gasteiger partial charge on any atom is -0.464 e. The standard InChI is InChI=1S/C24H22N2O3/c1-15-6-11-21(20(25)12-15)26-24(28)17-9-7-16(8-10-17)13-18-14-29-22-5-3-2-4-19(22)23(18)27/h2-5,7-12,14-15H,6,13,25H2,1H3,(H,26,28). The molecule has 2 aromatic carbocycles. The number of nitrogens with one attached hydrogen (secondary N) is 1. The van der Waals surface area contributed by atoms with Crippen molar-refractivity contribution in [2.75, 3.05) is 0 Å². The molecule has 1 aliphatic carbocycles. The van der Waals surface area contributed by atoms with Crippen LogP contribution in [0.4, 0.5) is 0 Å². The summed E-state index contributed by atoms with van der Waals surface area (Å²) in [6.07, 6.45) is 6.70. The predicted octanol–water partition coefficient (Wildman–Crippen LogP) is 3.88. The number of allylic oxidation sites excluding steroid dienone is 2. The van der Waals surface area contributed by atoms with Crippen molar-refractivity contribution in [2.45, 2.75) is 19.8 Å². The molecule has 0 spiro atoms. The summed E-state index contributed by atoms with van der Waals surface area (Å²) in [6.45, 7) is 2.08. The number of benzene rings is 2. The van der Waals surface area contributed by atoms with Crippen LogP contribution in [0.5, 0.6) is 0 Å². The maximum absolute atomic E-state index is 12.6. The smallest absolute Gasteiger partial charge is 0.255 e. The van der Waals surface area contributed by atoms with Gasteiger partial charge in [0.25, 0.3) is 5.91 Å². The van der Waals surface area contributed by atoms with Gasteiger partial charge in [-0.3, -0.25) is 9.59 Å². The Morgan fingerprint density at radius 3 is 2.69 bits per heavy atom. The minimum atomic E-state index is -0.209. The summed E-state index contributed by atoms with van der Waals surface area (Å²) < 4.78 is 5.57. The second kappa shape index (κ2) is 7.80. The van der Waals surface area contributed by atoms with Gasteiger partial charge in [-0.2, -0.15) is 0 Å². The molecule has 4 rings (SSSR count). The van der Waals surface area contributed by atoms with Gasteiger partial charge in [0, 0.05) is 17.5 Å². The van der Waals surface area contributed by atoms with Crippen LogP contribution in [0.2, 0.25) is 0 Å². The molecule has 0 saturated carbocycles. The quantitative estimate of drug-likeness (QED) is 0.713. The summed E-state index contributed by atoms with van der Waals surface area (Å²) in [7, 11) is 0. The van der Waals surface area contributed by atoms with Crippen LogP contribution < -0.4 is 16.5 Å². The highest BCUT2D eigenvalue weighted by Gasteiger charge is 2.14. The van der Waals surface area contributed by atoms with Gasteiger partial charge >= 0.3 is 0 Å². The fourth-order valence-electron chi connectivity index (χ4n) is 3.44. The zero-order valence-corrected chi connectivity index (χ0v) is 16.1. The third kappa shape index (κ3) is 3.99. The maximum atomic E-state index is 12.6. The van der Waals surface area contributed by atoms with E-state index in [0.717, 1.165) is 12.0 Å². The van der Waals surface area contributed by atoms with E-state index in [2.05, 4.69) is 12.2 Å². The van der Waals surface area contributed by atoms with Gasteiger partial charge in [0.2, 0.25) is 0 Å². The SMILES string of the molecule is CC1C=C(N)C(NC(=O)c2ccc(Cc3coc4ccccc4c3=O)cc2)=CC1. The first-order chi connectivity index (χ1) is 14.0. The van der Waals surface area contributed by atoms with Gasteiger partial charge in [0.15, 0.2) is 5.43 Å². The number of fused-ring (bicyclic) bond motifs is 1. The van der Waals surface area contributed by atoms with Gasteiger partial charge < -0.3 is 15.5 Å². The first kappa shape index (κ1) is 18.7. The molecule has 1 heterocycles. The lowest BCUT2D eigenvalue weighted by Gasteiger charge is -2.17. The Kier molecular flexibility index (Phi) is 5.04. The van der Waals surface area contributed by atoms with Gasteiger partial charge in [-0.1, -0.05) is 43.3 Å². The number of hydrogen-bond donors (Lipinski definition) is 2. The number of amides is 1. The van der Waals surface area contributed by atoms with Gasteiger partial charge in [-0.05, 0) is 42.2 Å². The van der Waals surface area contributed by atoms with Crippen molar-refractivity contribution in [1.82, 2.24) is 5.32 Å². The Morgan fingerprint density at radius 1 is 1.17 bits per heavy atom. The van der Waals surface area contributed by atoms with E-state index in [4.69, 9.17) is 10.2 Å². The lowest BCUT2D eigenvalue weighted by Crippen LogP contribution is -2.27. The van der Waals surface area contributed by atoms with Crippen LogP contribution >= 0.6 is 0 Å². The Hall–Kier alpha value is -3.60. The zero-order valence-electron chi connectivity index (χ0n) is 16.1. The number of carbonyl (C=O) groups is 1. The van der Waals surface area contributed by atoms with Crippen LogP contribution in [0.25, 0.3) is 11.0 Å². The van der Waals surface area contributed by atoms with Crippen molar-refractivity contribution < 1.29 is 9.21 Å². The lowest BCUT2D eigenvalue weighted by molar-refractivity contribution is 0.0966. The van der Waals surface area contributed by atoms with Crippen molar-refractivity contribution in [3.8, 4) is 0 Å². The summed E-state index contributed by atoms with van der Waals surface area (Å²) in [4.78, 5) is 25.1. The number of hydrogen-bond acceptors (Lipinski definition) is 4. The van der Waals surface area contributed by atoms with Gasteiger partial charge in [0.1, 0.15) is 5.58 Å². The van der Waals surface area contributed by atoms with Gasteiger partial charge in [-0.15, -0.1) is 0 Å². The molecule has 0 aliphatic heterocycles. The molecule has 0 saturated heterocycles. The van der Waals surface area contributed by atoms with E-state index in [1.54, 1.807) is 24.3 Å². The summed E-state index contributed by atoms with van der Waals surface area (Å²) in [5, 5.41) is 3.44. The molecule has 0 bridgehead atoms. The summed E-state index contributed by atoms with van der Waals surface area (Å²) in [6, 6.07) is 14.4. The predicted molar refractivity (Wildman–Crippen MR) is 113 cm³/mol. The maximum Gasteiger partial charge on any atom is 0.255 e. The molecule has 1 unspecified atom stereocenters. The van der Waals surface area contributed by atoms with E-state index in [1.165, 1.54) is 6.26 Å². The molecule has 1 aromatic heterocycles. The summed E-state index contributed by atoms with van der Waals surface area (Å²) in [5.41, 5.74) is 9.84. The van der Waals surface area contributed by atoms with Crippen molar-refractivity contribution in [1.29, 1.82) is 0 Å². The van der Waals surface area contributed by atoms with Gasteiger partial charge in [0.05, 0.1) is 23.0 Å². The van der Waals surface area contributed by atoms with Crippen LogP contribution in [-0.4, -0.2) is 5.91 Å². The zero-order chi connectivity index (χ0) is 20.4. The normalized spacial score (nSPS) is 16.2. The lowest BCUT2D eigenvalue weighted by atomic mass is 9.99. The first-order valence-corrected chi connectivity index (χ1v) is 9.59. The number of carbonyl (C=O) groups excluding carboxylic acids is 1. The molecule has 29 heavy (non-hydrogen) atoms. The number of para-hydroxylation sites is 1. The van der Waals surface area contributed by atoms with Crippen molar-refractivity contribution in [3.63, 3.8) is 0 Å². The highest BCUT2D eigenvalue weighted by Crippen LogP contribution is 2.18. The van der Waals surface area contributed by atoms with E-state index in [9.17, 15) is 9.59 Å². The molecule has 5 heteroatoms. The molecule has 1 amide bonds. The molecular formula is C24H22N2O3. The topological polar surface area (TPSA) is 85.3 Å². The fourth-order valence-corrected chi connectivity index (χ4v) is 3.44. The third-order valence-electron chi connectivity index (χ3n) is 5.08. The molecule has 1 aliphatic rings. The van der Waals surface area contributed by atoms with E-state index < -0.39 is 0 Å². The highest BCUT2D eigenvalue weighted by molar-refractivity contribution is 5.95. The Balaban J connectivity index is 1.48. The molecule has 5 nitrogen and oxygen atoms in total. The van der Waals surface area contributed by atoms with Crippen LogP contribution in [0.3, 0.4) is 0 Å². The van der Waals surface area contributed by atoms with Crippen LogP contribution in [-0.2, 0) is 6.42 Å². The minimum absolute atomic E-state index is 0.0330. The van der Waals surface area contributed by atoms with E-state index in [-0.39, 0.29) is 11.3 Å². The van der Waals surface area contributed by atoms with E-state index in [0.29, 0.717) is 45.8 Å². The average Bonchev–Trinajstić information content (AvgIpc) is 2.73. The number of nitrogens with two attached hydrogens (primary N) is 1. The molecule has 0 radical (unpaired) electrons. The molecule has 3 aromatic rings. The summed E-state index contributed by atoms with van der Waals surface area (Å²) in [5.74, 6) is 0.168. The second-order valence-electron chi connectivity index (χ2n) is 7.37. The molecular weight excluding hydrogens is 364 g/mol. The highest BCUT2D eigenvalue weighted by atomic mass is 16.3. The summed E-state index contributed by atoms with van der Waals surface area (Å²) >= 11 is 0. The Bertz CT molecular complexity index is 1190. The molecule has 1 atom stereocenters. The van der Waals surface area contributed by atoms with Crippen molar-refractivity contribution in [2.24, 2.45) is 11.7 Å².